The van der Waals surface area contributed by atoms with Gasteiger partial charge in [-0.3, -0.25) is 4.98 Å². The fourth-order valence-corrected chi connectivity index (χ4v) is 1.75. The number of benzene rings is 1. The van der Waals surface area contributed by atoms with E-state index in [4.69, 9.17) is 4.74 Å². The van der Waals surface area contributed by atoms with Gasteiger partial charge in [-0.25, -0.2) is 0 Å². The normalized spacial score (nSPS) is 11.2. The largest absolute Gasteiger partial charge is 0.496 e. The fraction of sp³-hybridized carbons (Fsp3) is 0.214. The van der Waals surface area contributed by atoms with Crippen LogP contribution in [0.1, 0.15) is 11.1 Å². The number of hydrogen-bond donors (Lipinski definition) is 1. The van der Waals surface area contributed by atoms with Crippen LogP contribution in [0.3, 0.4) is 0 Å². The van der Waals surface area contributed by atoms with Crippen molar-refractivity contribution in [3.05, 3.63) is 53.9 Å². The monoisotopic (exact) mass is 282 g/mol. The molecule has 0 radical (unpaired) electrons. The highest BCUT2D eigenvalue weighted by molar-refractivity contribution is 5.52. The summed E-state index contributed by atoms with van der Waals surface area (Å²) in [6.07, 6.45) is -1.16. The van der Waals surface area contributed by atoms with Crippen LogP contribution in [-0.4, -0.2) is 12.1 Å². The molecule has 0 spiro atoms. The fourth-order valence-electron chi connectivity index (χ4n) is 1.75. The molecule has 6 heteroatoms. The number of rotatable bonds is 4. The van der Waals surface area contributed by atoms with Crippen molar-refractivity contribution in [3.8, 4) is 5.75 Å². The van der Waals surface area contributed by atoms with E-state index in [-0.39, 0.29) is 5.75 Å². The van der Waals surface area contributed by atoms with Crippen LogP contribution in [0.2, 0.25) is 0 Å². The highest BCUT2D eigenvalue weighted by atomic mass is 19.4. The van der Waals surface area contributed by atoms with Gasteiger partial charge in [-0.1, -0.05) is 6.07 Å². The van der Waals surface area contributed by atoms with Crippen molar-refractivity contribution in [3.63, 3.8) is 0 Å². The van der Waals surface area contributed by atoms with E-state index in [1.54, 1.807) is 24.5 Å². The van der Waals surface area contributed by atoms with Crippen LogP contribution in [0, 0.1) is 0 Å². The van der Waals surface area contributed by atoms with Gasteiger partial charge in [0.15, 0.2) is 0 Å². The highest BCUT2D eigenvalue weighted by Gasteiger charge is 2.34. The van der Waals surface area contributed by atoms with Crippen LogP contribution in [-0.2, 0) is 12.7 Å². The average molecular weight is 282 g/mol. The Morgan fingerprint density at radius 2 is 2.05 bits per heavy atom. The van der Waals surface area contributed by atoms with Gasteiger partial charge in [-0.15, -0.1) is 0 Å². The van der Waals surface area contributed by atoms with Crippen LogP contribution in [0.25, 0.3) is 0 Å². The average Bonchev–Trinajstić information content (AvgIpc) is 2.45. The maximum absolute atomic E-state index is 12.9. The zero-order chi connectivity index (χ0) is 14.6. The van der Waals surface area contributed by atoms with E-state index in [2.05, 4.69) is 10.3 Å². The summed E-state index contributed by atoms with van der Waals surface area (Å²) in [5.74, 6) is -0.190. The zero-order valence-corrected chi connectivity index (χ0v) is 10.7. The molecule has 0 atom stereocenters. The van der Waals surface area contributed by atoms with Crippen LogP contribution >= 0.6 is 0 Å². The van der Waals surface area contributed by atoms with Gasteiger partial charge in [0.2, 0.25) is 0 Å². The molecule has 1 heterocycles. The Hall–Kier alpha value is -2.24. The molecule has 1 aromatic heterocycles. The minimum atomic E-state index is -4.45. The smallest absolute Gasteiger partial charge is 0.420 e. The summed E-state index contributed by atoms with van der Waals surface area (Å²) < 4.78 is 43.3. The summed E-state index contributed by atoms with van der Waals surface area (Å²) in [5, 5.41) is 2.93. The third-order valence-electron chi connectivity index (χ3n) is 2.72. The molecule has 20 heavy (non-hydrogen) atoms. The molecule has 0 fully saturated rings. The number of halogens is 3. The lowest BCUT2D eigenvalue weighted by Crippen LogP contribution is -2.09. The summed E-state index contributed by atoms with van der Waals surface area (Å²) >= 11 is 0. The van der Waals surface area contributed by atoms with Crippen molar-refractivity contribution < 1.29 is 17.9 Å². The summed E-state index contributed by atoms with van der Waals surface area (Å²) in [7, 11) is 1.22. The lowest BCUT2D eigenvalue weighted by Gasteiger charge is -2.14. The van der Waals surface area contributed by atoms with E-state index in [0.717, 1.165) is 11.6 Å². The zero-order valence-electron chi connectivity index (χ0n) is 10.7. The number of alkyl halides is 3. The topological polar surface area (TPSA) is 34.1 Å². The second-order valence-corrected chi connectivity index (χ2v) is 4.13. The first-order valence-corrected chi connectivity index (χ1v) is 5.88. The number of ether oxygens (including phenoxy) is 1. The Labute approximate surface area is 114 Å². The maximum Gasteiger partial charge on any atom is 0.420 e. The molecule has 2 rings (SSSR count). The second-order valence-electron chi connectivity index (χ2n) is 4.13. The standard InChI is InChI=1S/C14H13F3N2O/c1-20-13-5-4-11(7-12(13)14(15,16)17)19-9-10-3-2-6-18-8-10/h2-8,19H,9H2,1H3. The van der Waals surface area contributed by atoms with Crippen molar-refractivity contribution in [2.45, 2.75) is 12.7 Å². The van der Waals surface area contributed by atoms with Gasteiger partial charge in [0.1, 0.15) is 5.75 Å². The van der Waals surface area contributed by atoms with Gasteiger partial charge in [0.25, 0.3) is 0 Å². The van der Waals surface area contributed by atoms with Crippen LogP contribution in [0.5, 0.6) is 5.75 Å². The number of hydrogen-bond acceptors (Lipinski definition) is 3. The third kappa shape index (κ3) is 3.40. The second kappa shape index (κ2) is 5.81. The Morgan fingerprint density at radius 3 is 2.65 bits per heavy atom. The first-order valence-electron chi connectivity index (χ1n) is 5.88. The van der Waals surface area contributed by atoms with E-state index in [1.807, 2.05) is 6.07 Å². The van der Waals surface area contributed by atoms with Gasteiger partial charge in [-0.2, -0.15) is 13.2 Å². The molecule has 1 N–H and O–H groups in total. The van der Waals surface area contributed by atoms with Crippen LogP contribution in [0.15, 0.2) is 42.7 Å². The number of methoxy groups -OCH3 is 1. The van der Waals surface area contributed by atoms with Crippen molar-refractivity contribution in [1.82, 2.24) is 4.98 Å². The first kappa shape index (κ1) is 14.2. The number of pyridine rings is 1. The molecule has 0 bridgehead atoms. The minimum Gasteiger partial charge on any atom is -0.496 e. The van der Waals surface area contributed by atoms with Crippen molar-refractivity contribution in [1.29, 1.82) is 0 Å². The van der Waals surface area contributed by atoms with E-state index in [0.29, 0.717) is 12.2 Å². The molecule has 2 aromatic rings. The molecule has 0 saturated heterocycles. The van der Waals surface area contributed by atoms with Gasteiger partial charge < -0.3 is 10.1 Å². The van der Waals surface area contributed by atoms with Crippen molar-refractivity contribution in [2.24, 2.45) is 0 Å². The van der Waals surface area contributed by atoms with E-state index < -0.39 is 11.7 Å². The quantitative estimate of drug-likeness (QED) is 0.928. The molecule has 106 valence electrons. The maximum atomic E-state index is 12.9. The van der Waals surface area contributed by atoms with Crippen molar-refractivity contribution in [2.75, 3.05) is 12.4 Å². The molecular weight excluding hydrogens is 269 g/mol. The summed E-state index contributed by atoms with van der Waals surface area (Å²) in [5.41, 5.74) is 0.468. The van der Waals surface area contributed by atoms with E-state index >= 15 is 0 Å². The minimum absolute atomic E-state index is 0.190. The predicted octanol–water partition coefficient (Wildman–Crippen LogP) is 3.72. The Balaban J connectivity index is 2.17. The first-order chi connectivity index (χ1) is 9.50. The SMILES string of the molecule is COc1ccc(NCc2cccnc2)cc1C(F)(F)F. The van der Waals surface area contributed by atoms with Crippen molar-refractivity contribution >= 4 is 5.69 Å². The molecular formula is C14H13F3N2O. The molecule has 0 aliphatic heterocycles. The number of nitrogens with one attached hydrogen (secondary N) is 1. The molecule has 0 unspecified atom stereocenters. The predicted molar refractivity (Wildman–Crippen MR) is 69.6 cm³/mol. The molecule has 0 aliphatic rings. The molecule has 1 aromatic carbocycles. The van der Waals surface area contributed by atoms with E-state index in [9.17, 15) is 13.2 Å². The molecule has 0 aliphatic carbocycles. The lowest BCUT2D eigenvalue weighted by molar-refractivity contribution is -0.138. The summed E-state index contributed by atoms with van der Waals surface area (Å²) in [6, 6.07) is 7.49. The number of aromatic nitrogens is 1. The number of anilines is 1. The third-order valence-corrected chi connectivity index (χ3v) is 2.72. The summed E-state index contributed by atoms with van der Waals surface area (Å²) in [4.78, 5) is 3.94. The van der Waals surface area contributed by atoms with Crippen LogP contribution in [0.4, 0.5) is 18.9 Å². The van der Waals surface area contributed by atoms with E-state index in [1.165, 1.54) is 13.2 Å². The summed E-state index contributed by atoms with van der Waals surface area (Å²) in [6.45, 7) is 0.400. The molecule has 0 saturated carbocycles. The lowest BCUT2D eigenvalue weighted by atomic mass is 10.1. The molecule has 0 amide bonds. The Bertz CT molecular complexity index is 570. The van der Waals surface area contributed by atoms with Gasteiger partial charge in [0.05, 0.1) is 12.7 Å². The highest BCUT2D eigenvalue weighted by Crippen LogP contribution is 2.37. The van der Waals surface area contributed by atoms with Crippen LogP contribution < -0.4 is 10.1 Å². The Kier molecular flexibility index (Phi) is 4.12. The van der Waals surface area contributed by atoms with Gasteiger partial charge >= 0.3 is 6.18 Å². The Morgan fingerprint density at radius 1 is 1.25 bits per heavy atom. The van der Waals surface area contributed by atoms with Gasteiger partial charge in [0, 0.05) is 24.6 Å². The number of nitrogens with zero attached hydrogens (tertiary/aromatic N) is 1. The molecule has 3 nitrogen and oxygen atoms in total. The van der Waals surface area contributed by atoms with Gasteiger partial charge in [-0.05, 0) is 29.8 Å².